The van der Waals surface area contributed by atoms with Crippen molar-refractivity contribution in [2.24, 2.45) is 0 Å². The number of amides is 2. The highest BCUT2D eigenvalue weighted by atomic mass is 35.5. The number of aromatic nitrogens is 1. The van der Waals surface area contributed by atoms with Gasteiger partial charge in [-0.3, -0.25) is 14.5 Å². The average molecular weight is 514 g/mol. The van der Waals surface area contributed by atoms with Gasteiger partial charge in [-0.25, -0.2) is 0 Å². The molecule has 0 fully saturated rings. The summed E-state index contributed by atoms with van der Waals surface area (Å²) in [5.41, 5.74) is 4.04. The monoisotopic (exact) mass is 513 g/mol. The number of fused-ring (bicyclic) bond motifs is 3. The molecule has 1 unspecified atom stereocenters. The van der Waals surface area contributed by atoms with Gasteiger partial charge in [0.05, 0.1) is 24.2 Å². The van der Waals surface area contributed by atoms with Gasteiger partial charge in [0.2, 0.25) is 5.91 Å². The molecule has 0 radical (unpaired) electrons. The average Bonchev–Trinajstić information content (AvgIpc) is 3.40. The zero-order valence-electron chi connectivity index (χ0n) is 21.0. The third kappa shape index (κ3) is 4.60. The Hall–Kier alpha value is -4.03. The maximum atomic E-state index is 14.2. The number of carbonyl (C=O) groups excluding carboxylic acids is 2. The SMILES string of the molecule is COc1ccc(C(=O)N(CC(=O)N2c3ccccc3-n3cccc3C2c2cccc(Cl)c2)C(C)C)cc1. The topological polar surface area (TPSA) is 54.8 Å². The van der Waals surface area contributed by atoms with Crippen molar-refractivity contribution in [2.45, 2.75) is 25.9 Å². The van der Waals surface area contributed by atoms with Gasteiger partial charge in [0.1, 0.15) is 18.3 Å². The zero-order chi connectivity index (χ0) is 26.1. The zero-order valence-corrected chi connectivity index (χ0v) is 21.7. The van der Waals surface area contributed by atoms with Crippen LogP contribution in [-0.4, -0.2) is 41.0 Å². The number of methoxy groups -OCH3 is 1. The molecule has 7 heteroatoms. The Bertz CT molecular complexity index is 1440. The molecule has 1 aliphatic heterocycles. The standard InChI is InChI=1S/C30H28ClN3O3/c1-20(2)33(30(36)21-13-15-24(37-3)16-14-21)19-28(35)34-26-11-5-4-10-25(26)32-17-7-12-27(32)29(34)22-8-6-9-23(31)18-22/h4-18,20,29H,19H2,1-3H3. The summed E-state index contributed by atoms with van der Waals surface area (Å²) in [7, 11) is 1.58. The molecule has 37 heavy (non-hydrogen) atoms. The second-order valence-electron chi connectivity index (χ2n) is 9.27. The van der Waals surface area contributed by atoms with Gasteiger partial charge in [-0.2, -0.15) is 0 Å². The van der Waals surface area contributed by atoms with Crippen LogP contribution in [0.3, 0.4) is 0 Å². The number of para-hydroxylation sites is 2. The molecule has 5 rings (SSSR count). The molecule has 1 aliphatic rings. The summed E-state index contributed by atoms with van der Waals surface area (Å²) >= 11 is 6.38. The summed E-state index contributed by atoms with van der Waals surface area (Å²) in [5, 5.41) is 0.598. The fourth-order valence-electron chi connectivity index (χ4n) is 4.86. The lowest BCUT2D eigenvalue weighted by atomic mass is 9.97. The van der Waals surface area contributed by atoms with E-state index >= 15 is 0 Å². The second-order valence-corrected chi connectivity index (χ2v) is 9.70. The molecular weight excluding hydrogens is 486 g/mol. The number of ether oxygens (including phenoxy) is 1. The molecule has 6 nitrogen and oxygen atoms in total. The number of halogens is 1. The highest BCUT2D eigenvalue weighted by molar-refractivity contribution is 6.30. The molecule has 2 heterocycles. The molecule has 3 aromatic carbocycles. The van der Waals surface area contributed by atoms with E-state index in [2.05, 4.69) is 4.57 Å². The predicted molar refractivity (Wildman–Crippen MR) is 146 cm³/mol. The summed E-state index contributed by atoms with van der Waals surface area (Å²) in [6, 6.07) is 25.7. The maximum Gasteiger partial charge on any atom is 0.254 e. The van der Waals surface area contributed by atoms with Crippen molar-refractivity contribution in [3.05, 3.63) is 113 Å². The van der Waals surface area contributed by atoms with Gasteiger partial charge in [0, 0.05) is 22.8 Å². The van der Waals surface area contributed by atoms with Crippen molar-refractivity contribution in [3.8, 4) is 11.4 Å². The number of hydrogen-bond donors (Lipinski definition) is 0. The minimum Gasteiger partial charge on any atom is -0.497 e. The van der Waals surface area contributed by atoms with E-state index in [0.717, 1.165) is 22.6 Å². The maximum absolute atomic E-state index is 14.2. The molecule has 2 amide bonds. The van der Waals surface area contributed by atoms with Crippen molar-refractivity contribution in [1.29, 1.82) is 0 Å². The van der Waals surface area contributed by atoms with E-state index in [1.807, 2.05) is 80.7 Å². The third-order valence-corrected chi connectivity index (χ3v) is 6.91. The van der Waals surface area contributed by atoms with Crippen LogP contribution < -0.4 is 9.64 Å². The molecule has 0 N–H and O–H groups in total. The number of benzene rings is 3. The van der Waals surface area contributed by atoms with E-state index in [9.17, 15) is 9.59 Å². The first-order valence-electron chi connectivity index (χ1n) is 12.2. The van der Waals surface area contributed by atoms with Crippen molar-refractivity contribution in [3.63, 3.8) is 0 Å². The smallest absolute Gasteiger partial charge is 0.254 e. The van der Waals surface area contributed by atoms with E-state index in [0.29, 0.717) is 16.3 Å². The van der Waals surface area contributed by atoms with Gasteiger partial charge < -0.3 is 14.2 Å². The Morgan fingerprint density at radius 3 is 2.35 bits per heavy atom. The molecular formula is C30H28ClN3O3. The largest absolute Gasteiger partial charge is 0.497 e. The fraction of sp³-hybridized carbons (Fsp3) is 0.200. The van der Waals surface area contributed by atoms with Crippen LogP contribution in [0.15, 0.2) is 91.1 Å². The van der Waals surface area contributed by atoms with Gasteiger partial charge in [-0.05, 0) is 80.1 Å². The van der Waals surface area contributed by atoms with Crippen LogP contribution in [0.1, 0.15) is 41.5 Å². The molecule has 4 aromatic rings. The first-order chi connectivity index (χ1) is 17.9. The molecule has 0 spiro atoms. The number of carbonyl (C=O) groups is 2. The first-order valence-corrected chi connectivity index (χ1v) is 12.6. The van der Waals surface area contributed by atoms with Crippen molar-refractivity contribution < 1.29 is 14.3 Å². The molecule has 188 valence electrons. The predicted octanol–water partition coefficient (Wildman–Crippen LogP) is 6.13. The lowest BCUT2D eigenvalue weighted by molar-refractivity contribution is -0.120. The highest BCUT2D eigenvalue weighted by Crippen LogP contribution is 2.42. The lowest BCUT2D eigenvalue weighted by Crippen LogP contribution is -2.48. The molecule has 0 saturated heterocycles. The van der Waals surface area contributed by atoms with Crippen LogP contribution in [-0.2, 0) is 4.79 Å². The van der Waals surface area contributed by atoms with Crippen molar-refractivity contribution >= 4 is 29.1 Å². The molecule has 1 atom stereocenters. The Balaban J connectivity index is 1.55. The van der Waals surface area contributed by atoms with Crippen LogP contribution in [0.5, 0.6) is 5.75 Å². The Morgan fingerprint density at radius 2 is 1.68 bits per heavy atom. The Labute approximate surface area is 221 Å². The fourth-order valence-corrected chi connectivity index (χ4v) is 5.06. The van der Waals surface area contributed by atoms with Gasteiger partial charge in [-0.15, -0.1) is 0 Å². The molecule has 1 aromatic heterocycles. The van der Waals surface area contributed by atoms with Crippen molar-refractivity contribution in [1.82, 2.24) is 9.47 Å². The number of nitrogens with zero attached hydrogens (tertiary/aromatic N) is 3. The minimum atomic E-state index is -0.402. The molecule has 0 aliphatic carbocycles. The van der Waals surface area contributed by atoms with Gasteiger partial charge in [0.15, 0.2) is 0 Å². The van der Waals surface area contributed by atoms with E-state index in [1.165, 1.54) is 0 Å². The Morgan fingerprint density at radius 1 is 0.946 bits per heavy atom. The second kappa shape index (κ2) is 10.1. The minimum absolute atomic E-state index is 0.0748. The summed E-state index contributed by atoms with van der Waals surface area (Å²) in [4.78, 5) is 31.1. The summed E-state index contributed by atoms with van der Waals surface area (Å²) in [6.07, 6.45) is 2.00. The molecule has 0 saturated carbocycles. The summed E-state index contributed by atoms with van der Waals surface area (Å²) < 4.78 is 7.33. The lowest BCUT2D eigenvalue weighted by Gasteiger charge is -2.40. The molecule has 0 bridgehead atoms. The third-order valence-electron chi connectivity index (χ3n) is 6.68. The highest BCUT2D eigenvalue weighted by Gasteiger charge is 2.37. The normalized spacial score (nSPS) is 14.2. The number of rotatable bonds is 6. The first kappa shape index (κ1) is 24.7. The van der Waals surface area contributed by atoms with Gasteiger partial charge >= 0.3 is 0 Å². The summed E-state index contributed by atoms with van der Waals surface area (Å²) in [5.74, 6) is 0.278. The van der Waals surface area contributed by atoms with Gasteiger partial charge in [0.25, 0.3) is 5.91 Å². The summed E-state index contributed by atoms with van der Waals surface area (Å²) in [6.45, 7) is 3.76. The Kier molecular flexibility index (Phi) is 6.76. The number of hydrogen-bond acceptors (Lipinski definition) is 3. The van der Waals surface area contributed by atoms with Crippen LogP contribution in [0, 0.1) is 0 Å². The van der Waals surface area contributed by atoms with E-state index < -0.39 is 6.04 Å². The van der Waals surface area contributed by atoms with Crippen LogP contribution in [0.25, 0.3) is 5.69 Å². The van der Waals surface area contributed by atoms with E-state index in [4.69, 9.17) is 16.3 Å². The van der Waals surface area contributed by atoms with Crippen LogP contribution in [0.4, 0.5) is 5.69 Å². The quantitative estimate of drug-likeness (QED) is 0.312. The van der Waals surface area contributed by atoms with Crippen LogP contribution in [0.2, 0.25) is 5.02 Å². The van der Waals surface area contributed by atoms with E-state index in [-0.39, 0.29) is 24.4 Å². The van der Waals surface area contributed by atoms with E-state index in [1.54, 1.807) is 41.2 Å². The number of anilines is 1. The van der Waals surface area contributed by atoms with Crippen LogP contribution >= 0.6 is 11.6 Å². The van der Waals surface area contributed by atoms with Gasteiger partial charge in [-0.1, -0.05) is 35.9 Å². The van der Waals surface area contributed by atoms with Crippen molar-refractivity contribution in [2.75, 3.05) is 18.6 Å².